The fourth-order valence-corrected chi connectivity index (χ4v) is 3.66. The van der Waals surface area contributed by atoms with Crippen LogP contribution in [0.2, 0.25) is 0 Å². The first kappa shape index (κ1) is 26.8. The number of fused-ring (bicyclic) bond motifs is 1. The van der Waals surface area contributed by atoms with E-state index in [1.54, 1.807) is 18.2 Å². The number of nitrogens with one attached hydrogen (secondary N) is 1. The molecule has 0 aliphatic carbocycles. The summed E-state index contributed by atoms with van der Waals surface area (Å²) in [5.41, 5.74) is -7.35. The molecule has 0 radical (unpaired) electrons. The van der Waals surface area contributed by atoms with E-state index in [9.17, 15) is 35.5 Å². The number of rotatable bonds is 6. The van der Waals surface area contributed by atoms with Crippen molar-refractivity contribution in [3.05, 3.63) is 71.8 Å². The molecular weight excluding hydrogens is 525 g/mol. The topological polar surface area (TPSA) is 73.6 Å². The van der Waals surface area contributed by atoms with Crippen LogP contribution in [-0.4, -0.2) is 37.5 Å². The van der Waals surface area contributed by atoms with E-state index in [0.29, 0.717) is 17.9 Å². The summed E-state index contributed by atoms with van der Waals surface area (Å²) in [6, 6.07) is 12.1. The van der Waals surface area contributed by atoms with Gasteiger partial charge < -0.3 is 19.2 Å². The molecule has 0 saturated heterocycles. The number of methoxy groups -OCH3 is 2. The first-order valence-corrected chi connectivity index (χ1v) is 10.7. The van der Waals surface area contributed by atoms with Gasteiger partial charge in [-0.2, -0.15) is 26.3 Å². The van der Waals surface area contributed by atoms with Crippen LogP contribution in [0.25, 0.3) is 22.6 Å². The number of anilines is 1. The Bertz CT molecular complexity index is 1480. The number of ether oxygens (including phenoxy) is 2. The molecule has 0 aliphatic heterocycles. The van der Waals surface area contributed by atoms with Gasteiger partial charge in [0.15, 0.2) is 5.58 Å². The molecule has 200 valence electrons. The summed E-state index contributed by atoms with van der Waals surface area (Å²) in [5, 5.41) is 2.65. The van der Waals surface area contributed by atoms with E-state index >= 15 is 0 Å². The normalized spacial score (nSPS) is 12.4. The van der Waals surface area contributed by atoms with E-state index in [0.717, 1.165) is 6.07 Å². The van der Waals surface area contributed by atoms with Gasteiger partial charge in [0.05, 0.1) is 19.8 Å². The van der Waals surface area contributed by atoms with E-state index in [2.05, 4.69) is 10.3 Å². The van der Waals surface area contributed by atoms with Crippen LogP contribution in [0.5, 0.6) is 11.5 Å². The van der Waals surface area contributed by atoms with Crippen LogP contribution in [0, 0.1) is 0 Å². The number of hydrogen-bond donors (Lipinski definition) is 1. The van der Waals surface area contributed by atoms with Gasteiger partial charge in [-0.3, -0.25) is 4.79 Å². The van der Waals surface area contributed by atoms with Gasteiger partial charge in [-0.1, -0.05) is 12.1 Å². The number of carbonyl (C=O) groups excluding carboxylic acids is 1. The summed E-state index contributed by atoms with van der Waals surface area (Å²) in [4.78, 5) is 16.7. The minimum Gasteiger partial charge on any atom is -0.497 e. The Morgan fingerprint density at radius 2 is 1.58 bits per heavy atom. The molecule has 0 saturated carbocycles. The lowest BCUT2D eigenvalue weighted by atomic mass is 9.94. The Balaban J connectivity index is 1.73. The lowest BCUT2D eigenvalue weighted by Gasteiger charge is -2.30. The van der Waals surface area contributed by atoms with Crippen molar-refractivity contribution in [2.45, 2.75) is 18.0 Å². The van der Waals surface area contributed by atoms with Crippen molar-refractivity contribution < 1.29 is 49.4 Å². The minimum absolute atomic E-state index is 0.117. The summed E-state index contributed by atoms with van der Waals surface area (Å²) in [5.74, 6) is -0.135. The lowest BCUT2D eigenvalue weighted by molar-refractivity contribution is -0.348. The van der Waals surface area contributed by atoms with Gasteiger partial charge in [-0.15, -0.1) is 0 Å². The van der Waals surface area contributed by atoms with Crippen LogP contribution in [-0.2, 0) is 5.67 Å². The number of alkyl halides is 7. The van der Waals surface area contributed by atoms with Crippen molar-refractivity contribution in [3.63, 3.8) is 0 Å². The van der Waals surface area contributed by atoms with Crippen LogP contribution >= 0.6 is 0 Å². The van der Waals surface area contributed by atoms with Crippen LogP contribution < -0.4 is 14.8 Å². The number of oxazole rings is 1. The van der Waals surface area contributed by atoms with E-state index in [-0.39, 0.29) is 34.0 Å². The Morgan fingerprint density at radius 1 is 0.868 bits per heavy atom. The number of carbonyl (C=O) groups is 1. The molecule has 1 aromatic heterocycles. The van der Waals surface area contributed by atoms with Crippen molar-refractivity contribution in [2.75, 3.05) is 19.5 Å². The lowest BCUT2D eigenvalue weighted by Crippen LogP contribution is -2.50. The second-order valence-electron chi connectivity index (χ2n) is 7.96. The SMILES string of the molecule is COc1cccc(C(=O)Nc2ccc(OC)c(-c3nc4ccc(C(F)(C(F)(F)F)C(F)(F)F)cc4o3)c2)c1. The highest BCUT2D eigenvalue weighted by Gasteiger charge is 2.73. The highest BCUT2D eigenvalue weighted by Crippen LogP contribution is 2.53. The number of halogens is 7. The molecule has 4 aromatic rings. The first-order valence-electron chi connectivity index (χ1n) is 10.7. The molecule has 3 aromatic carbocycles. The number of nitrogens with zero attached hydrogens (tertiary/aromatic N) is 1. The first-order chi connectivity index (χ1) is 17.8. The molecular formula is C25H17F7N2O4. The maximum atomic E-state index is 14.5. The van der Waals surface area contributed by atoms with Crippen molar-refractivity contribution in [1.29, 1.82) is 0 Å². The zero-order chi connectivity index (χ0) is 27.9. The molecule has 1 heterocycles. The molecule has 0 unspecified atom stereocenters. The molecule has 4 rings (SSSR count). The van der Waals surface area contributed by atoms with Crippen molar-refractivity contribution in [3.8, 4) is 23.0 Å². The summed E-state index contributed by atoms with van der Waals surface area (Å²) >= 11 is 0. The standard InChI is InChI=1S/C25H17F7N2O4/c1-36-16-5-3-4-13(10-16)21(35)33-15-7-9-19(37-2)17(12-15)22-34-18-8-6-14(11-20(18)38-22)23(26,24(27,28)29)25(30,31)32/h3-12H,1-2H3,(H,33,35). The second kappa shape index (κ2) is 9.54. The smallest absolute Gasteiger partial charge is 0.435 e. The highest BCUT2D eigenvalue weighted by molar-refractivity contribution is 6.04. The predicted octanol–water partition coefficient (Wildman–Crippen LogP) is 7.05. The molecule has 0 bridgehead atoms. The average Bonchev–Trinajstić information content (AvgIpc) is 3.30. The van der Waals surface area contributed by atoms with Crippen molar-refractivity contribution >= 4 is 22.7 Å². The maximum absolute atomic E-state index is 14.5. The van der Waals surface area contributed by atoms with Gasteiger partial charge in [0.1, 0.15) is 17.0 Å². The monoisotopic (exact) mass is 542 g/mol. The number of amides is 1. The van der Waals surface area contributed by atoms with Crippen molar-refractivity contribution in [2.24, 2.45) is 0 Å². The van der Waals surface area contributed by atoms with Gasteiger partial charge in [-0.05, 0) is 48.5 Å². The molecule has 0 spiro atoms. The van der Waals surface area contributed by atoms with E-state index in [1.807, 2.05) is 0 Å². The molecule has 38 heavy (non-hydrogen) atoms. The minimum atomic E-state index is -6.28. The summed E-state index contributed by atoms with van der Waals surface area (Å²) < 4.78 is 109. The highest BCUT2D eigenvalue weighted by atomic mass is 19.4. The third kappa shape index (κ3) is 4.71. The van der Waals surface area contributed by atoms with Crippen LogP contribution in [0.15, 0.2) is 65.1 Å². The van der Waals surface area contributed by atoms with Crippen LogP contribution in [0.1, 0.15) is 15.9 Å². The zero-order valence-electron chi connectivity index (χ0n) is 19.5. The van der Waals surface area contributed by atoms with Gasteiger partial charge in [0.2, 0.25) is 5.89 Å². The Hall–Kier alpha value is -4.29. The van der Waals surface area contributed by atoms with Gasteiger partial charge in [0.25, 0.3) is 5.91 Å². The Labute approximate surface area is 210 Å². The molecule has 0 fully saturated rings. The molecule has 1 amide bonds. The average molecular weight is 542 g/mol. The fourth-order valence-electron chi connectivity index (χ4n) is 3.66. The third-order valence-electron chi connectivity index (χ3n) is 5.59. The predicted molar refractivity (Wildman–Crippen MR) is 122 cm³/mol. The van der Waals surface area contributed by atoms with Gasteiger partial charge >= 0.3 is 18.0 Å². The van der Waals surface area contributed by atoms with Crippen LogP contribution in [0.4, 0.5) is 36.4 Å². The summed E-state index contributed by atoms with van der Waals surface area (Å²) in [7, 11) is 2.74. The van der Waals surface area contributed by atoms with E-state index in [4.69, 9.17) is 13.9 Å². The van der Waals surface area contributed by atoms with E-state index in [1.165, 1.54) is 38.5 Å². The second-order valence-corrected chi connectivity index (χ2v) is 7.96. The van der Waals surface area contributed by atoms with Crippen LogP contribution in [0.3, 0.4) is 0 Å². The number of hydrogen-bond acceptors (Lipinski definition) is 5. The Morgan fingerprint density at radius 3 is 2.21 bits per heavy atom. The fraction of sp³-hybridized carbons (Fsp3) is 0.200. The van der Waals surface area contributed by atoms with Gasteiger partial charge in [0, 0.05) is 16.8 Å². The quantitative estimate of drug-likeness (QED) is 0.264. The molecule has 0 aliphatic rings. The molecule has 0 atom stereocenters. The Kier molecular flexibility index (Phi) is 6.72. The number of benzene rings is 3. The van der Waals surface area contributed by atoms with E-state index < -0.39 is 35.1 Å². The number of aromatic nitrogens is 1. The summed E-state index contributed by atoms with van der Waals surface area (Å²) in [6.45, 7) is 0. The molecule has 6 nitrogen and oxygen atoms in total. The maximum Gasteiger partial charge on any atom is 0.435 e. The third-order valence-corrected chi connectivity index (χ3v) is 5.59. The van der Waals surface area contributed by atoms with Crippen molar-refractivity contribution in [1.82, 2.24) is 4.98 Å². The molecule has 13 heteroatoms. The zero-order valence-corrected chi connectivity index (χ0v) is 19.5. The summed E-state index contributed by atoms with van der Waals surface area (Å²) in [6.07, 6.45) is -12.6. The molecule has 1 N–H and O–H groups in total. The van der Waals surface area contributed by atoms with Gasteiger partial charge in [-0.25, -0.2) is 9.37 Å². The largest absolute Gasteiger partial charge is 0.497 e.